The summed E-state index contributed by atoms with van der Waals surface area (Å²) in [5.41, 5.74) is 0.253. The van der Waals surface area contributed by atoms with Crippen LogP contribution in [-0.2, 0) is 25.3 Å². The molecule has 0 saturated heterocycles. The maximum atomic E-state index is 12.7. The maximum absolute atomic E-state index is 12.7. The van der Waals surface area contributed by atoms with Gasteiger partial charge in [0.25, 0.3) is 5.91 Å². The summed E-state index contributed by atoms with van der Waals surface area (Å²) >= 11 is 9.36. The molecule has 0 spiro atoms. The lowest BCUT2D eigenvalue weighted by Gasteiger charge is -2.11. The number of hydrogen-bond acceptors (Lipinski definition) is 4. The van der Waals surface area contributed by atoms with Gasteiger partial charge in [0.15, 0.2) is 6.61 Å². The van der Waals surface area contributed by atoms with Crippen molar-refractivity contribution in [3.63, 3.8) is 0 Å². The van der Waals surface area contributed by atoms with Gasteiger partial charge in [0, 0.05) is 28.7 Å². The highest BCUT2D eigenvalue weighted by molar-refractivity contribution is 9.10. The fourth-order valence-electron chi connectivity index (χ4n) is 2.58. The molecule has 0 radical (unpaired) electrons. The fraction of sp³-hybridized carbons (Fsp3) is 0.286. The van der Waals surface area contributed by atoms with Crippen LogP contribution in [-0.4, -0.2) is 24.4 Å². The van der Waals surface area contributed by atoms with Gasteiger partial charge in [-0.2, -0.15) is 13.2 Å². The summed E-state index contributed by atoms with van der Waals surface area (Å²) in [5, 5.41) is 5.38. The number of hydrogen-bond donors (Lipinski definition) is 2. The van der Waals surface area contributed by atoms with Gasteiger partial charge in [-0.05, 0) is 65.2 Å². The van der Waals surface area contributed by atoms with E-state index in [1.165, 1.54) is 12.1 Å². The molecule has 0 bridgehead atoms. The van der Waals surface area contributed by atoms with E-state index in [0.717, 1.165) is 12.1 Å². The van der Waals surface area contributed by atoms with Crippen molar-refractivity contribution in [2.45, 2.75) is 32.4 Å². The van der Waals surface area contributed by atoms with Crippen molar-refractivity contribution in [1.29, 1.82) is 0 Å². The molecule has 172 valence electrons. The largest absolute Gasteiger partial charge is 0.456 e. The van der Waals surface area contributed by atoms with Crippen molar-refractivity contribution < 1.29 is 32.3 Å². The van der Waals surface area contributed by atoms with Crippen LogP contribution in [0.25, 0.3) is 0 Å². The Morgan fingerprint density at radius 2 is 1.78 bits per heavy atom. The number of alkyl halides is 3. The zero-order valence-corrected chi connectivity index (χ0v) is 19.2. The Morgan fingerprint density at radius 1 is 1.06 bits per heavy atom. The molecule has 0 aliphatic heterocycles. The second-order valence-electron chi connectivity index (χ2n) is 6.72. The average molecular weight is 536 g/mol. The van der Waals surface area contributed by atoms with Crippen molar-refractivity contribution in [2.75, 3.05) is 17.2 Å². The van der Waals surface area contributed by atoms with E-state index in [-0.39, 0.29) is 24.9 Å². The first-order valence-corrected chi connectivity index (χ1v) is 10.5. The SMILES string of the molecule is Cc1c(NC(=O)COC(=O)CCCC(=O)Nc2cccc(C(F)(F)F)c2)ccc(Br)c1Cl. The van der Waals surface area contributed by atoms with Crippen molar-refractivity contribution in [3.8, 4) is 0 Å². The minimum Gasteiger partial charge on any atom is -0.456 e. The molecule has 0 fully saturated rings. The van der Waals surface area contributed by atoms with Gasteiger partial charge >= 0.3 is 12.1 Å². The van der Waals surface area contributed by atoms with Crippen LogP contribution >= 0.6 is 27.5 Å². The quantitative estimate of drug-likeness (QED) is 0.424. The lowest BCUT2D eigenvalue weighted by atomic mass is 10.2. The number of amides is 2. The molecule has 2 rings (SSSR count). The topological polar surface area (TPSA) is 84.5 Å². The van der Waals surface area contributed by atoms with E-state index in [2.05, 4.69) is 26.6 Å². The fourth-order valence-corrected chi connectivity index (χ4v) is 3.18. The molecule has 0 aliphatic rings. The Bertz CT molecular complexity index is 1020. The van der Waals surface area contributed by atoms with Crippen LogP contribution in [0, 0.1) is 6.92 Å². The minimum atomic E-state index is -4.51. The molecule has 6 nitrogen and oxygen atoms in total. The molecule has 11 heteroatoms. The molecule has 2 amide bonds. The highest BCUT2D eigenvalue weighted by Crippen LogP contribution is 2.31. The number of carbonyl (C=O) groups is 3. The third-order valence-electron chi connectivity index (χ3n) is 4.24. The molecule has 0 unspecified atom stereocenters. The van der Waals surface area contributed by atoms with Crippen LogP contribution in [0.2, 0.25) is 5.02 Å². The van der Waals surface area contributed by atoms with Gasteiger partial charge in [0.05, 0.1) is 10.6 Å². The highest BCUT2D eigenvalue weighted by Gasteiger charge is 2.30. The highest BCUT2D eigenvalue weighted by atomic mass is 79.9. The molecule has 32 heavy (non-hydrogen) atoms. The number of anilines is 2. The van der Waals surface area contributed by atoms with Gasteiger partial charge in [0.1, 0.15) is 0 Å². The standard InChI is InChI=1S/C21H19BrClF3N2O4/c1-12-16(9-8-15(22)20(12)23)28-18(30)11-32-19(31)7-3-6-17(29)27-14-5-2-4-13(10-14)21(24,25)26/h2,4-5,8-10H,3,6-7,11H2,1H3,(H,27,29)(H,28,30). The van der Waals surface area contributed by atoms with Crippen LogP contribution in [0.1, 0.15) is 30.4 Å². The van der Waals surface area contributed by atoms with Crippen molar-refractivity contribution in [1.82, 2.24) is 0 Å². The van der Waals surface area contributed by atoms with Gasteiger partial charge < -0.3 is 15.4 Å². The van der Waals surface area contributed by atoms with Gasteiger partial charge in [-0.1, -0.05) is 17.7 Å². The summed E-state index contributed by atoms with van der Waals surface area (Å²) < 4.78 is 43.7. The Morgan fingerprint density at radius 3 is 2.47 bits per heavy atom. The van der Waals surface area contributed by atoms with Crippen LogP contribution in [0.4, 0.5) is 24.5 Å². The van der Waals surface area contributed by atoms with Crippen LogP contribution in [0.5, 0.6) is 0 Å². The summed E-state index contributed by atoms with van der Waals surface area (Å²) in [6, 6.07) is 7.56. The second-order valence-corrected chi connectivity index (χ2v) is 7.96. The van der Waals surface area contributed by atoms with E-state index >= 15 is 0 Å². The van der Waals surface area contributed by atoms with Gasteiger partial charge in [-0.25, -0.2) is 0 Å². The maximum Gasteiger partial charge on any atom is 0.416 e. The van der Waals surface area contributed by atoms with Crippen LogP contribution < -0.4 is 10.6 Å². The van der Waals surface area contributed by atoms with E-state index in [0.29, 0.717) is 20.7 Å². The zero-order valence-electron chi connectivity index (χ0n) is 16.8. The van der Waals surface area contributed by atoms with Crippen molar-refractivity contribution in [2.24, 2.45) is 0 Å². The summed E-state index contributed by atoms with van der Waals surface area (Å²) in [5.74, 6) is -1.78. The Kier molecular flexibility index (Phi) is 9.09. The average Bonchev–Trinajstić information content (AvgIpc) is 2.72. The molecule has 2 aromatic rings. The minimum absolute atomic E-state index is 0.00686. The summed E-state index contributed by atoms with van der Waals surface area (Å²) in [6.07, 6.45) is -4.65. The first-order valence-electron chi connectivity index (χ1n) is 9.34. The van der Waals surface area contributed by atoms with Crippen LogP contribution in [0.3, 0.4) is 0 Å². The van der Waals surface area contributed by atoms with E-state index < -0.39 is 36.1 Å². The summed E-state index contributed by atoms with van der Waals surface area (Å²) in [4.78, 5) is 35.6. The predicted octanol–water partition coefficient (Wildman–Crippen LogP) is 5.72. The van der Waals surface area contributed by atoms with E-state index in [9.17, 15) is 27.6 Å². The summed E-state index contributed by atoms with van der Waals surface area (Å²) in [7, 11) is 0. The molecular formula is C21H19BrClF3N2O4. The lowest BCUT2D eigenvalue weighted by Crippen LogP contribution is -2.21. The molecule has 0 aromatic heterocycles. The third kappa shape index (κ3) is 7.83. The normalized spacial score (nSPS) is 11.1. The molecule has 0 atom stereocenters. The Hall–Kier alpha value is -2.59. The number of nitrogens with one attached hydrogen (secondary N) is 2. The van der Waals surface area contributed by atoms with E-state index in [1.54, 1.807) is 19.1 Å². The van der Waals surface area contributed by atoms with Crippen LogP contribution in [0.15, 0.2) is 40.9 Å². The monoisotopic (exact) mass is 534 g/mol. The molecule has 0 aliphatic carbocycles. The molecule has 0 heterocycles. The first kappa shape index (κ1) is 25.7. The predicted molar refractivity (Wildman–Crippen MR) is 117 cm³/mol. The number of benzene rings is 2. The number of esters is 1. The second kappa shape index (κ2) is 11.3. The lowest BCUT2D eigenvalue weighted by molar-refractivity contribution is -0.147. The Labute approximate surface area is 195 Å². The van der Waals surface area contributed by atoms with Gasteiger partial charge in [-0.15, -0.1) is 0 Å². The Balaban J connectivity index is 1.72. The zero-order chi connectivity index (χ0) is 23.9. The van der Waals surface area contributed by atoms with E-state index in [1.807, 2.05) is 0 Å². The van der Waals surface area contributed by atoms with Crippen molar-refractivity contribution >= 4 is 56.7 Å². The molecule has 2 aromatic carbocycles. The number of ether oxygens (including phenoxy) is 1. The smallest absolute Gasteiger partial charge is 0.416 e. The third-order valence-corrected chi connectivity index (χ3v) is 5.61. The molecule has 0 saturated carbocycles. The number of halogens is 5. The van der Waals surface area contributed by atoms with Gasteiger partial charge in [-0.3, -0.25) is 14.4 Å². The first-order chi connectivity index (χ1) is 15.0. The molecule has 2 N–H and O–H groups in total. The number of rotatable bonds is 8. The van der Waals surface area contributed by atoms with Gasteiger partial charge in [0.2, 0.25) is 5.91 Å². The number of carbonyl (C=O) groups excluding carboxylic acids is 3. The molecular weight excluding hydrogens is 517 g/mol. The van der Waals surface area contributed by atoms with Crippen molar-refractivity contribution in [3.05, 3.63) is 57.0 Å². The summed E-state index contributed by atoms with van der Waals surface area (Å²) in [6.45, 7) is 1.21. The van der Waals surface area contributed by atoms with E-state index in [4.69, 9.17) is 16.3 Å².